The van der Waals surface area contributed by atoms with Crippen molar-refractivity contribution in [1.29, 1.82) is 0 Å². The Morgan fingerprint density at radius 2 is 2.21 bits per heavy atom. The number of nitrogens with two attached hydrogens (primary N) is 1. The Bertz CT molecular complexity index is 705. The van der Waals surface area contributed by atoms with Crippen molar-refractivity contribution in [3.8, 4) is 0 Å². The molecule has 0 saturated carbocycles. The molecule has 0 unspecified atom stereocenters. The van der Waals surface area contributed by atoms with E-state index in [-0.39, 0.29) is 16.7 Å². The molecule has 2 aromatic heterocycles. The number of carbonyl (C=O) groups excluding carboxylic acids is 1. The van der Waals surface area contributed by atoms with Gasteiger partial charge in [-0.3, -0.25) is 4.79 Å². The van der Waals surface area contributed by atoms with Crippen LogP contribution in [-0.2, 0) is 16.6 Å². The molecular formula is C10H10ClN3O3S2. The minimum absolute atomic E-state index is 0.0691. The highest BCUT2D eigenvalue weighted by molar-refractivity contribution is 7.91. The largest absolute Gasteiger partial charge is 0.356 e. The zero-order chi connectivity index (χ0) is 14.0. The Balaban J connectivity index is 1.99. The predicted octanol–water partition coefficient (Wildman–Crippen LogP) is 1.31. The summed E-state index contributed by atoms with van der Waals surface area (Å²) in [6.07, 6.45) is 1.50. The van der Waals surface area contributed by atoms with Gasteiger partial charge < -0.3 is 10.3 Å². The molecule has 0 atom stereocenters. The third-order valence-corrected chi connectivity index (χ3v) is 4.97. The van der Waals surface area contributed by atoms with Crippen LogP contribution in [0.2, 0.25) is 5.02 Å². The Labute approximate surface area is 118 Å². The maximum atomic E-state index is 11.7. The smallest absolute Gasteiger partial charge is 0.268 e. The van der Waals surface area contributed by atoms with Crippen LogP contribution in [0, 0.1) is 0 Å². The maximum Gasteiger partial charge on any atom is 0.268 e. The molecule has 1 amide bonds. The Morgan fingerprint density at radius 1 is 1.47 bits per heavy atom. The Hall–Kier alpha value is -1.35. The molecule has 0 aliphatic rings. The molecule has 2 rings (SSSR count). The number of sulfonamides is 1. The maximum absolute atomic E-state index is 11.7. The number of nitrogens with one attached hydrogen (secondary N) is 2. The van der Waals surface area contributed by atoms with Crippen molar-refractivity contribution >= 4 is 38.9 Å². The van der Waals surface area contributed by atoms with Gasteiger partial charge in [0.05, 0.1) is 11.6 Å². The number of hydrogen-bond acceptors (Lipinski definition) is 4. The minimum Gasteiger partial charge on any atom is -0.356 e. The standard InChI is InChI=1S/C10H10ClN3O3S2/c11-6-3-8(13-4-6)10(15)14-5-7-1-2-9(18-7)19(12,16)17/h1-4,13H,5H2,(H,14,15)(H2,12,16,17). The highest BCUT2D eigenvalue weighted by Crippen LogP contribution is 2.20. The van der Waals surface area contributed by atoms with Crippen molar-refractivity contribution in [2.24, 2.45) is 5.14 Å². The summed E-state index contributed by atoms with van der Waals surface area (Å²) in [6.45, 7) is 0.218. The molecule has 2 heterocycles. The van der Waals surface area contributed by atoms with E-state index in [2.05, 4.69) is 10.3 Å². The molecule has 102 valence electrons. The third kappa shape index (κ3) is 3.57. The number of thiophene rings is 1. The van der Waals surface area contributed by atoms with Gasteiger partial charge in [0, 0.05) is 11.1 Å². The van der Waals surface area contributed by atoms with E-state index < -0.39 is 10.0 Å². The topological polar surface area (TPSA) is 105 Å². The van der Waals surface area contributed by atoms with E-state index in [9.17, 15) is 13.2 Å². The fourth-order valence-electron chi connectivity index (χ4n) is 1.37. The van der Waals surface area contributed by atoms with Crippen molar-refractivity contribution in [2.45, 2.75) is 10.8 Å². The van der Waals surface area contributed by atoms with Gasteiger partial charge in [-0.25, -0.2) is 13.6 Å². The minimum atomic E-state index is -3.69. The van der Waals surface area contributed by atoms with Crippen LogP contribution < -0.4 is 10.5 Å². The first-order valence-corrected chi connectivity index (χ1v) is 7.84. The molecule has 19 heavy (non-hydrogen) atoms. The van der Waals surface area contributed by atoms with E-state index in [4.69, 9.17) is 16.7 Å². The van der Waals surface area contributed by atoms with Gasteiger partial charge in [0.15, 0.2) is 0 Å². The number of aromatic amines is 1. The molecule has 0 aliphatic heterocycles. The Morgan fingerprint density at radius 3 is 2.74 bits per heavy atom. The summed E-state index contributed by atoms with van der Waals surface area (Å²) >= 11 is 6.70. The van der Waals surface area contributed by atoms with Crippen LogP contribution in [-0.4, -0.2) is 19.3 Å². The van der Waals surface area contributed by atoms with Crippen molar-refractivity contribution in [3.05, 3.63) is 40.0 Å². The van der Waals surface area contributed by atoms with Crippen LogP contribution in [0.25, 0.3) is 0 Å². The second-order valence-electron chi connectivity index (χ2n) is 3.68. The lowest BCUT2D eigenvalue weighted by atomic mass is 10.4. The number of hydrogen-bond donors (Lipinski definition) is 3. The van der Waals surface area contributed by atoms with Crippen molar-refractivity contribution in [3.63, 3.8) is 0 Å². The summed E-state index contributed by atoms with van der Waals surface area (Å²) < 4.78 is 22.2. The van der Waals surface area contributed by atoms with Crippen LogP contribution in [0.1, 0.15) is 15.4 Å². The molecule has 0 saturated heterocycles. The number of amides is 1. The normalized spacial score (nSPS) is 11.5. The van der Waals surface area contributed by atoms with E-state index in [0.29, 0.717) is 15.6 Å². The van der Waals surface area contributed by atoms with E-state index in [0.717, 1.165) is 11.3 Å². The zero-order valence-electron chi connectivity index (χ0n) is 9.51. The van der Waals surface area contributed by atoms with Gasteiger partial charge in [-0.2, -0.15) is 0 Å². The average molecular weight is 320 g/mol. The molecule has 0 bridgehead atoms. The first kappa shape index (κ1) is 14.1. The molecule has 6 nitrogen and oxygen atoms in total. The molecule has 0 aromatic carbocycles. The molecule has 0 radical (unpaired) electrons. The summed E-state index contributed by atoms with van der Waals surface area (Å²) in [5, 5.41) is 8.08. The monoisotopic (exact) mass is 319 g/mol. The van der Waals surface area contributed by atoms with Gasteiger partial charge in [-0.05, 0) is 18.2 Å². The van der Waals surface area contributed by atoms with Crippen molar-refractivity contribution < 1.29 is 13.2 Å². The number of carbonyl (C=O) groups is 1. The van der Waals surface area contributed by atoms with Gasteiger partial charge in [0.25, 0.3) is 5.91 Å². The molecule has 0 aliphatic carbocycles. The molecule has 2 aromatic rings. The zero-order valence-corrected chi connectivity index (χ0v) is 11.9. The lowest BCUT2D eigenvalue weighted by Crippen LogP contribution is -2.22. The first-order valence-electron chi connectivity index (χ1n) is 5.10. The quantitative estimate of drug-likeness (QED) is 0.791. The number of aromatic nitrogens is 1. The average Bonchev–Trinajstić information content (AvgIpc) is 2.93. The fraction of sp³-hybridized carbons (Fsp3) is 0.100. The fourth-order valence-corrected chi connectivity index (χ4v) is 3.25. The second kappa shape index (κ2) is 5.33. The highest BCUT2D eigenvalue weighted by atomic mass is 35.5. The number of rotatable bonds is 4. The first-order chi connectivity index (χ1) is 8.86. The summed E-state index contributed by atoms with van der Waals surface area (Å²) in [7, 11) is -3.69. The van der Waals surface area contributed by atoms with Crippen LogP contribution >= 0.6 is 22.9 Å². The Kier molecular flexibility index (Phi) is 3.95. The SMILES string of the molecule is NS(=O)(=O)c1ccc(CNC(=O)c2cc(Cl)c[nH]2)s1. The number of H-pyrrole nitrogens is 1. The van der Waals surface area contributed by atoms with Gasteiger partial charge in [-0.1, -0.05) is 11.6 Å². The van der Waals surface area contributed by atoms with Crippen molar-refractivity contribution in [1.82, 2.24) is 10.3 Å². The lowest BCUT2D eigenvalue weighted by Gasteiger charge is -2.00. The van der Waals surface area contributed by atoms with Gasteiger partial charge in [0.2, 0.25) is 10.0 Å². The summed E-state index contributed by atoms with van der Waals surface area (Å²) in [5.74, 6) is -0.322. The van der Waals surface area contributed by atoms with Crippen LogP contribution in [0.15, 0.2) is 28.6 Å². The predicted molar refractivity (Wildman–Crippen MR) is 72.7 cm³/mol. The van der Waals surface area contributed by atoms with Crippen LogP contribution in [0.3, 0.4) is 0 Å². The highest BCUT2D eigenvalue weighted by Gasteiger charge is 2.12. The summed E-state index contributed by atoms with van der Waals surface area (Å²) in [4.78, 5) is 15.1. The molecular weight excluding hydrogens is 310 g/mol. The van der Waals surface area contributed by atoms with Crippen LogP contribution in [0.4, 0.5) is 0 Å². The molecule has 0 fully saturated rings. The van der Waals surface area contributed by atoms with E-state index in [1.807, 2.05) is 0 Å². The van der Waals surface area contributed by atoms with Crippen LogP contribution in [0.5, 0.6) is 0 Å². The van der Waals surface area contributed by atoms with E-state index in [1.54, 1.807) is 6.07 Å². The summed E-state index contributed by atoms with van der Waals surface area (Å²) in [5.41, 5.74) is 0.341. The van der Waals surface area contributed by atoms with Gasteiger partial charge in [-0.15, -0.1) is 11.3 Å². The lowest BCUT2D eigenvalue weighted by molar-refractivity contribution is 0.0947. The third-order valence-electron chi connectivity index (χ3n) is 2.23. The summed E-state index contributed by atoms with van der Waals surface area (Å²) in [6, 6.07) is 4.51. The molecule has 4 N–H and O–H groups in total. The molecule has 0 spiro atoms. The van der Waals surface area contributed by atoms with Gasteiger partial charge >= 0.3 is 0 Å². The number of halogens is 1. The molecule has 9 heteroatoms. The second-order valence-corrected chi connectivity index (χ2v) is 7.07. The van der Waals surface area contributed by atoms with E-state index >= 15 is 0 Å². The van der Waals surface area contributed by atoms with Crippen molar-refractivity contribution in [2.75, 3.05) is 0 Å². The van der Waals surface area contributed by atoms with Gasteiger partial charge in [0.1, 0.15) is 9.90 Å². The van der Waals surface area contributed by atoms with E-state index in [1.165, 1.54) is 18.3 Å². The number of primary sulfonamides is 1.